The summed E-state index contributed by atoms with van der Waals surface area (Å²) < 4.78 is 20.0. The Kier molecular flexibility index (Phi) is 6.17. The number of nitrogens with zero attached hydrogens (tertiary/aromatic N) is 2. The Morgan fingerprint density at radius 2 is 2.06 bits per heavy atom. The van der Waals surface area contributed by atoms with Crippen LogP contribution in [0.2, 0.25) is 0 Å². The quantitative estimate of drug-likeness (QED) is 0.702. The molecule has 1 saturated carbocycles. The van der Waals surface area contributed by atoms with E-state index in [-0.39, 0.29) is 31.4 Å². The van der Waals surface area contributed by atoms with Gasteiger partial charge < -0.3 is 15.2 Å². The minimum Gasteiger partial charge on any atom is -0.481 e. The van der Waals surface area contributed by atoms with Crippen molar-refractivity contribution in [3.8, 4) is 11.1 Å². The van der Waals surface area contributed by atoms with E-state index in [2.05, 4.69) is 10.3 Å². The Morgan fingerprint density at radius 1 is 1.32 bits per heavy atom. The van der Waals surface area contributed by atoms with Crippen LogP contribution in [0.25, 0.3) is 11.1 Å². The van der Waals surface area contributed by atoms with Crippen molar-refractivity contribution in [1.29, 1.82) is 0 Å². The van der Waals surface area contributed by atoms with Gasteiger partial charge in [-0.25, -0.2) is 9.18 Å². The van der Waals surface area contributed by atoms with Gasteiger partial charge in [0.1, 0.15) is 17.3 Å². The van der Waals surface area contributed by atoms with Crippen molar-refractivity contribution in [2.75, 3.05) is 18.0 Å². The SMILES string of the molecule is CC(=O)NC[C@H]1CN(c2ccc(-c3ccc(C4(C(=O)O)CC4)nc3)c(F)c2)C(=O)O1.Cl. The van der Waals surface area contributed by atoms with E-state index in [1.54, 1.807) is 24.3 Å². The summed E-state index contributed by atoms with van der Waals surface area (Å²) in [4.78, 5) is 40.1. The van der Waals surface area contributed by atoms with Gasteiger partial charge in [-0.15, -0.1) is 12.4 Å². The van der Waals surface area contributed by atoms with E-state index in [4.69, 9.17) is 4.74 Å². The fourth-order valence-electron chi connectivity index (χ4n) is 3.54. The molecule has 2 N–H and O–H groups in total. The van der Waals surface area contributed by atoms with Crippen LogP contribution in [0.4, 0.5) is 14.9 Å². The lowest BCUT2D eigenvalue weighted by molar-refractivity contribution is -0.140. The number of rotatable bonds is 6. The number of nitrogens with one attached hydrogen (secondary N) is 1. The number of carboxylic acid groups (broad SMARTS) is 1. The molecule has 2 fully saturated rings. The molecule has 1 saturated heterocycles. The number of amides is 2. The molecule has 0 spiro atoms. The Hall–Kier alpha value is -3.20. The minimum atomic E-state index is -0.912. The number of carbonyl (C=O) groups excluding carboxylic acids is 2. The molecular formula is C21H21ClFN3O5. The molecule has 1 atom stereocenters. The van der Waals surface area contributed by atoms with Crippen LogP contribution in [0.5, 0.6) is 0 Å². The maximum absolute atomic E-state index is 14.8. The van der Waals surface area contributed by atoms with Crippen LogP contribution in [0.3, 0.4) is 0 Å². The maximum Gasteiger partial charge on any atom is 0.414 e. The number of cyclic esters (lactones) is 1. The summed E-state index contributed by atoms with van der Waals surface area (Å²) in [5.74, 6) is -1.66. The number of aliphatic carboxylic acids is 1. The topological polar surface area (TPSA) is 109 Å². The van der Waals surface area contributed by atoms with Crippen LogP contribution in [0, 0.1) is 5.82 Å². The third kappa shape index (κ3) is 4.32. The molecular weight excluding hydrogens is 429 g/mol. The van der Waals surface area contributed by atoms with Crippen molar-refractivity contribution in [2.24, 2.45) is 0 Å². The molecule has 2 heterocycles. The molecule has 8 nitrogen and oxygen atoms in total. The van der Waals surface area contributed by atoms with E-state index in [0.717, 1.165) is 0 Å². The van der Waals surface area contributed by atoms with Gasteiger partial charge in [-0.2, -0.15) is 0 Å². The molecule has 0 unspecified atom stereocenters. The number of anilines is 1. The molecule has 2 aromatic rings. The van der Waals surface area contributed by atoms with E-state index >= 15 is 0 Å². The van der Waals surface area contributed by atoms with Gasteiger partial charge in [0.25, 0.3) is 0 Å². The lowest BCUT2D eigenvalue weighted by Gasteiger charge is -2.15. The second-order valence-corrected chi connectivity index (χ2v) is 7.54. The van der Waals surface area contributed by atoms with Crippen LogP contribution < -0.4 is 10.2 Å². The zero-order valence-electron chi connectivity index (χ0n) is 16.6. The molecule has 1 aliphatic carbocycles. The monoisotopic (exact) mass is 449 g/mol. The summed E-state index contributed by atoms with van der Waals surface area (Å²) in [5, 5.41) is 11.9. The highest BCUT2D eigenvalue weighted by Crippen LogP contribution is 2.47. The second-order valence-electron chi connectivity index (χ2n) is 7.54. The summed E-state index contributed by atoms with van der Waals surface area (Å²) in [6.07, 6.45) is 1.44. The number of carboxylic acids is 1. The first-order valence-electron chi connectivity index (χ1n) is 9.52. The molecule has 1 aliphatic heterocycles. The van der Waals surface area contributed by atoms with Gasteiger partial charge in [0, 0.05) is 24.2 Å². The molecule has 0 radical (unpaired) electrons. The fraction of sp³-hybridized carbons (Fsp3) is 0.333. The molecule has 2 aliphatic rings. The first-order chi connectivity index (χ1) is 14.3. The maximum atomic E-state index is 14.8. The van der Waals surface area contributed by atoms with Crippen molar-refractivity contribution >= 4 is 36.1 Å². The van der Waals surface area contributed by atoms with Crippen LogP contribution >= 0.6 is 12.4 Å². The van der Waals surface area contributed by atoms with E-state index in [1.807, 2.05) is 0 Å². The molecule has 1 aromatic carbocycles. The molecule has 164 valence electrons. The van der Waals surface area contributed by atoms with Crippen LogP contribution in [0.1, 0.15) is 25.5 Å². The first kappa shape index (κ1) is 22.5. The van der Waals surface area contributed by atoms with E-state index < -0.39 is 29.4 Å². The van der Waals surface area contributed by atoms with E-state index in [1.165, 1.54) is 24.1 Å². The largest absolute Gasteiger partial charge is 0.481 e. The van der Waals surface area contributed by atoms with Gasteiger partial charge in [-0.1, -0.05) is 6.07 Å². The van der Waals surface area contributed by atoms with E-state index in [9.17, 15) is 23.9 Å². The summed E-state index contributed by atoms with van der Waals surface area (Å²) in [6, 6.07) is 7.66. The molecule has 2 amide bonds. The Balaban J connectivity index is 0.00000272. The van der Waals surface area contributed by atoms with Gasteiger partial charge >= 0.3 is 12.1 Å². The number of pyridine rings is 1. The molecule has 31 heavy (non-hydrogen) atoms. The number of aromatic nitrogens is 1. The highest BCUT2D eigenvalue weighted by atomic mass is 35.5. The zero-order valence-corrected chi connectivity index (χ0v) is 17.4. The molecule has 0 bridgehead atoms. The number of halogens is 2. The number of ether oxygens (including phenoxy) is 1. The van der Waals surface area contributed by atoms with Crippen LogP contribution in [-0.4, -0.2) is 47.3 Å². The summed E-state index contributed by atoms with van der Waals surface area (Å²) in [5.41, 5.74) is 0.710. The van der Waals surface area contributed by atoms with Gasteiger partial charge in [-0.05, 0) is 37.1 Å². The van der Waals surface area contributed by atoms with Crippen molar-refractivity contribution in [1.82, 2.24) is 10.3 Å². The van der Waals surface area contributed by atoms with Gasteiger partial charge in [0.05, 0.1) is 24.5 Å². The molecule has 4 rings (SSSR count). The Labute approximate surface area is 183 Å². The second kappa shape index (κ2) is 8.50. The van der Waals surface area contributed by atoms with Crippen molar-refractivity contribution in [3.63, 3.8) is 0 Å². The van der Waals surface area contributed by atoms with E-state index in [0.29, 0.717) is 35.3 Å². The lowest BCUT2D eigenvalue weighted by Crippen LogP contribution is -2.33. The third-order valence-corrected chi connectivity index (χ3v) is 5.44. The fourth-order valence-corrected chi connectivity index (χ4v) is 3.54. The minimum absolute atomic E-state index is 0. The molecule has 1 aromatic heterocycles. The van der Waals surface area contributed by atoms with Gasteiger partial charge in [0.2, 0.25) is 5.91 Å². The highest BCUT2D eigenvalue weighted by Gasteiger charge is 2.53. The highest BCUT2D eigenvalue weighted by molar-refractivity contribution is 5.90. The summed E-state index contributed by atoms with van der Waals surface area (Å²) in [7, 11) is 0. The lowest BCUT2D eigenvalue weighted by atomic mass is 10.00. The summed E-state index contributed by atoms with van der Waals surface area (Å²) >= 11 is 0. The van der Waals surface area contributed by atoms with Crippen LogP contribution in [-0.2, 0) is 19.7 Å². The first-order valence-corrected chi connectivity index (χ1v) is 9.52. The number of hydrogen-bond donors (Lipinski definition) is 2. The number of benzene rings is 1. The zero-order chi connectivity index (χ0) is 21.5. The molecule has 10 heteroatoms. The number of carbonyl (C=O) groups is 3. The van der Waals surface area contributed by atoms with Crippen molar-refractivity contribution < 1.29 is 28.6 Å². The summed E-state index contributed by atoms with van der Waals surface area (Å²) in [6.45, 7) is 1.76. The van der Waals surface area contributed by atoms with Gasteiger partial charge in [0.15, 0.2) is 0 Å². The smallest absolute Gasteiger partial charge is 0.414 e. The average Bonchev–Trinajstić information content (AvgIpc) is 3.44. The van der Waals surface area contributed by atoms with Crippen LogP contribution in [0.15, 0.2) is 36.5 Å². The van der Waals surface area contributed by atoms with Crippen molar-refractivity contribution in [3.05, 3.63) is 48.0 Å². The van der Waals surface area contributed by atoms with Gasteiger partial charge in [-0.3, -0.25) is 19.5 Å². The van der Waals surface area contributed by atoms with Crippen molar-refractivity contribution in [2.45, 2.75) is 31.3 Å². The Morgan fingerprint density at radius 3 is 2.61 bits per heavy atom. The predicted octanol–water partition coefficient (Wildman–Crippen LogP) is 2.89. The third-order valence-electron chi connectivity index (χ3n) is 5.44. The standard InChI is InChI=1S/C21H20FN3O5.ClH/c1-12(26)23-10-15-11-25(20(29)30-15)14-3-4-16(17(22)8-14)13-2-5-18(24-9-13)21(6-7-21)19(27)28;/h2-5,8-9,15H,6-7,10-11H2,1H3,(H,23,26)(H,27,28);1H/t15-;/m0./s1. The average molecular weight is 450 g/mol. The number of hydrogen-bond acceptors (Lipinski definition) is 5. The normalized spacial score (nSPS) is 18.7. The predicted molar refractivity (Wildman–Crippen MR) is 112 cm³/mol. The Bertz CT molecular complexity index is 1030.